The second-order valence-electron chi connectivity index (χ2n) is 3.82. The number of aryl methyl sites for hydroxylation is 1. The normalized spacial score (nSPS) is 12.4. The van der Waals surface area contributed by atoms with E-state index in [1.54, 1.807) is 0 Å². The Balaban J connectivity index is 3.07. The molecule has 0 amide bonds. The molecule has 0 bridgehead atoms. The molecule has 0 unspecified atom stereocenters. The van der Waals surface area contributed by atoms with E-state index < -0.39 is 44.1 Å². The summed E-state index contributed by atoms with van der Waals surface area (Å²) >= 11 is 0. The van der Waals surface area contributed by atoms with Crippen LogP contribution in [-0.4, -0.2) is 26.1 Å². The number of nitrogens with one attached hydrogen (secondary N) is 1. The highest BCUT2D eigenvalue weighted by molar-refractivity contribution is 7.89. The Morgan fingerprint density at radius 2 is 1.95 bits per heavy atom. The predicted molar refractivity (Wildman–Crippen MR) is 60.1 cm³/mol. The standard InChI is InChI=1S/C9H8F4N2O5S/c1-5-2-6(3-7(8(5)10)15(16)17)21(18,19)14-20-4-9(11,12)13/h2-3,14H,4H2,1H3. The Labute approximate surface area is 115 Å². The van der Waals surface area contributed by atoms with E-state index in [4.69, 9.17) is 0 Å². The molecule has 0 spiro atoms. The summed E-state index contributed by atoms with van der Waals surface area (Å²) in [6.45, 7) is -0.827. The summed E-state index contributed by atoms with van der Waals surface area (Å²) in [6, 6.07) is 1.10. The Hall–Kier alpha value is -1.79. The van der Waals surface area contributed by atoms with Crippen molar-refractivity contribution >= 4 is 15.7 Å². The number of alkyl halides is 3. The van der Waals surface area contributed by atoms with E-state index in [2.05, 4.69) is 4.84 Å². The van der Waals surface area contributed by atoms with E-state index in [-0.39, 0.29) is 5.56 Å². The number of nitrogens with zero attached hydrogens (tertiary/aromatic N) is 1. The molecule has 0 aliphatic carbocycles. The molecule has 0 saturated carbocycles. The van der Waals surface area contributed by atoms with E-state index in [1.807, 2.05) is 0 Å². The summed E-state index contributed by atoms with van der Waals surface area (Å²) in [5, 5.41) is 10.6. The quantitative estimate of drug-likeness (QED) is 0.504. The second-order valence-corrected chi connectivity index (χ2v) is 5.47. The van der Waals surface area contributed by atoms with Gasteiger partial charge in [-0.25, -0.2) is 8.42 Å². The van der Waals surface area contributed by atoms with Crippen molar-refractivity contribution in [1.82, 2.24) is 4.89 Å². The van der Waals surface area contributed by atoms with Gasteiger partial charge in [0.25, 0.3) is 10.0 Å². The lowest BCUT2D eigenvalue weighted by Crippen LogP contribution is -2.29. The number of benzene rings is 1. The summed E-state index contributed by atoms with van der Waals surface area (Å²) in [4.78, 5) is 13.5. The van der Waals surface area contributed by atoms with Crippen molar-refractivity contribution in [3.05, 3.63) is 33.6 Å². The summed E-state index contributed by atoms with van der Waals surface area (Å²) in [7, 11) is -4.62. The maximum Gasteiger partial charge on any atom is 0.413 e. The van der Waals surface area contributed by atoms with Gasteiger partial charge >= 0.3 is 11.9 Å². The van der Waals surface area contributed by atoms with E-state index in [0.717, 1.165) is 17.9 Å². The third-order valence-electron chi connectivity index (χ3n) is 2.12. The third-order valence-corrected chi connectivity index (χ3v) is 3.31. The molecule has 21 heavy (non-hydrogen) atoms. The van der Waals surface area contributed by atoms with Crippen molar-refractivity contribution in [3.8, 4) is 0 Å². The van der Waals surface area contributed by atoms with Gasteiger partial charge in [-0.1, -0.05) is 4.89 Å². The first-order valence-electron chi connectivity index (χ1n) is 5.09. The number of nitro benzene ring substituents is 1. The van der Waals surface area contributed by atoms with Crippen LogP contribution in [-0.2, 0) is 14.9 Å². The highest BCUT2D eigenvalue weighted by atomic mass is 32.2. The first-order chi connectivity index (χ1) is 9.44. The largest absolute Gasteiger partial charge is 0.413 e. The fraction of sp³-hybridized carbons (Fsp3) is 0.333. The van der Waals surface area contributed by atoms with Crippen LogP contribution in [0.4, 0.5) is 23.2 Å². The maximum atomic E-state index is 13.4. The average Bonchev–Trinajstić information content (AvgIpc) is 2.29. The summed E-state index contributed by atoms with van der Waals surface area (Å²) < 4.78 is 72.1. The zero-order chi connectivity index (χ0) is 16.4. The molecule has 0 heterocycles. The number of hydrogen-bond donors (Lipinski definition) is 1. The van der Waals surface area contributed by atoms with E-state index in [0.29, 0.717) is 6.07 Å². The fourth-order valence-corrected chi connectivity index (χ4v) is 2.15. The van der Waals surface area contributed by atoms with E-state index >= 15 is 0 Å². The summed E-state index contributed by atoms with van der Waals surface area (Å²) in [5.41, 5.74) is -1.48. The Bertz CT molecular complexity index is 659. The molecule has 12 heteroatoms. The summed E-state index contributed by atoms with van der Waals surface area (Å²) in [5.74, 6) is -1.24. The lowest BCUT2D eigenvalue weighted by Gasteiger charge is -2.10. The minimum atomic E-state index is -4.77. The van der Waals surface area contributed by atoms with Gasteiger partial charge in [-0.05, 0) is 18.6 Å². The molecule has 118 valence electrons. The molecule has 0 radical (unpaired) electrons. The van der Waals surface area contributed by atoms with Gasteiger partial charge < -0.3 is 0 Å². The first-order valence-corrected chi connectivity index (χ1v) is 6.57. The van der Waals surface area contributed by atoms with Gasteiger partial charge in [-0.2, -0.15) is 17.6 Å². The highest BCUT2D eigenvalue weighted by Crippen LogP contribution is 2.25. The lowest BCUT2D eigenvalue weighted by atomic mass is 10.2. The lowest BCUT2D eigenvalue weighted by molar-refractivity contribution is -0.387. The predicted octanol–water partition coefficient (Wildman–Crippen LogP) is 1.81. The van der Waals surface area contributed by atoms with Crippen molar-refractivity contribution in [1.29, 1.82) is 0 Å². The van der Waals surface area contributed by atoms with Gasteiger partial charge in [-0.3, -0.25) is 15.0 Å². The van der Waals surface area contributed by atoms with Crippen LogP contribution in [0, 0.1) is 22.9 Å². The molecular weight excluding hydrogens is 324 g/mol. The number of hydrogen-bond acceptors (Lipinski definition) is 5. The topological polar surface area (TPSA) is 98.5 Å². The van der Waals surface area contributed by atoms with Crippen LogP contribution >= 0.6 is 0 Å². The van der Waals surface area contributed by atoms with Gasteiger partial charge in [-0.15, -0.1) is 0 Å². The van der Waals surface area contributed by atoms with Crippen LogP contribution in [0.5, 0.6) is 0 Å². The van der Waals surface area contributed by atoms with Crippen molar-refractivity contribution in [2.45, 2.75) is 18.0 Å². The van der Waals surface area contributed by atoms with Crippen molar-refractivity contribution in [2.24, 2.45) is 0 Å². The SMILES string of the molecule is Cc1cc(S(=O)(=O)NOCC(F)(F)F)cc([N+](=O)[O-])c1F. The van der Waals surface area contributed by atoms with E-state index in [1.165, 1.54) is 0 Å². The van der Waals surface area contributed by atoms with Crippen molar-refractivity contribution in [2.75, 3.05) is 6.61 Å². The monoisotopic (exact) mass is 332 g/mol. The fourth-order valence-electron chi connectivity index (χ4n) is 1.24. The number of nitro groups is 1. The maximum absolute atomic E-state index is 13.4. The molecule has 1 N–H and O–H groups in total. The molecule has 0 atom stereocenters. The molecule has 7 nitrogen and oxygen atoms in total. The molecule has 1 aromatic rings. The number of sulfonamides is 1. The summed E-state index contributed by atoms with van der Waals surface area (Å²) in [6.07, 6.45) is -4.77. The van der Waals surface area contributed by atoms with Crippen LogP contribution in [0.3, 0.4) is 0 Å². The van der Waals surface area contributed by atoms with Crippen molar-refractivity contribution < 1.29 is 35.7 Å². The molecule has 1 aromatic carbocycles. The van der Waals surface area contributed by atoms with Gasteiger partial charge in [0.05, 0.1) is 9.82 Å². The van der Waals surface area contributed by atoms with Crippen LogP contribution < -0.4 is 4.89 Å². The second kappa shape index (κ2) is 5.91. The van der Waals surface area contributed by atoms with Crippen LogP contribution in [0.25, 0.3) is 0 Å². The molecule has 0 aliphatic rings. The van der Waals surface area contributed by atoms with Gasteiger partial charge in [0.1, 0.15) is 0 Å². The van der Waals surface area contributed by atoms with Gasteiger partial charge in [0.2, 0.25) is 5.82 Å². The molecule has 0 aliphatic heterocycles. The van der Waals surface area contributed by atoms with E-state index in [9.17, 15) is 36.1 Å². The van der Waals surface area contributed by atoms with Gasteiger partial charge in [0.15, 0.2) is 6.61 Å². The minimum Gasteiger partial charge on any atom is -0.277 e. The first kappa shape index (κ1) is 17.3. The van der Waals surface area contributed by atoms with Gasteiger partial charge in [0, 0.05) is 6.07 Å². The Morgan fingerprint density at radius 1 is 1.38 bits per heavy atom. The smallest absolute Gasteiger partial charge is 0.277 e. The number of halogens is 4. The molecular formula is C9H8F4N2O5S. The zero-order valence-corrected chi connectivity index (χ0v) is 11.1. The molecule has 0 saturated heterocycles. The Morgan fingerprint density at radius 3 is 2.43 bits per heavy atom. The minimum absolute atomic E-state index is 0.361. The van der Waals surface area contributed by atoms with Crippen molar-refractivity contribution in [3.63, 3.8) is 0 Å². The molecule has 1 rings (SSSR count). The molecule has 0 aromatic heterocycles. The number of rotatable bonds is 5. The Kier molecular flexibility index (Phi) is 4.86. The van der Waals surface area contributed by atoms with Crippen LogP contribution in [0.1, 0.15) is 5.56 Å². The highest BCUT2D eigenvalue weighted by Gasteiger charge is 2.30. The molecule has 0 fully saturated rings. The van der Waals surface area contributed by atoms with Crippen LogP contribution in [0.2, 0.25) is 0 Å². The third kappa shape index (κ3) is 4.61. The van der Waals surface area contributed by atoms with Crippen LogP contribution in [0.15, 0.2) is 17.0 Å². The zero-order valence-electron chi connectivity index (χ0n) is 10.3. The average molecular weight is 332 g/mol.